The second-order valence-electron chi connectivity index (χ2n) is 16.9. The quantitative estimate of drug-likeness (QED) is 0.236. The molecule has 1 atom stereocenters. The maximum absolute atomic E-state index is 14.0. The fraction of sp³-hybridized carbons (Fsp3) is 0.585. The van der Waals surface area contributed by atoms with E-state index in [4.69, 9.17) is 4.74 Å². The Labute approximate surface area is 292 Å². The smallest absolute Gasteiger partial charge is 0.407 e. The highest BCUT2D eigenvalue weighted by Gasteiger charge is 2.42. The van der Waals surface area contributed by atoms with Crippen molar-refractivity contribution < 1.29 is 14.3 Å². The van der Waals surface area contributed by atoms with E-state index in [0.717, 1.165) is 78.3 Å². The Hall–Kier alpha value is -3.83. The van der Waals surface area contributed by atoms with Crippen LogP contribution in [0.1, 0.15) is 126 Å². The number of benzene rings is 2. The molecule has 0 spiro atoms. The normalized spacial score (nSPS) is 20.6. The first-order chi connectivity index (χ1) is 23.1. The van der Waals surface area contributed by atoms with Crippen molar-refractivity contribution in [1.29, 1.82) is 5.26 Å². The van der Waals surface area contributed by atoms with Crippen LogP contribution in [0, 0.1) is 22.7 Å². The van der Waals surface area contributed by atoms with Gasteiger partial charge >= 0.3 is 6.09 Å². The lowest BCUT2D eigenvalue weighted by Gasteiger charge is -2.38. The molecule has 0 unspecified atom stereocenters. The Morgan fingerprint density at radius 1 is 1.10 bits per heavy atom. The Balaban J connectivity index is 1.05. The molecule has 8 nitrogen and oxygen atoms in total. The van der Waals surface area contributed by atoms with E-state index in [1.165, 1.54) is 43.4 Å². The molecular weight excluding hydrogens is 610 g/mol. The molecule has 0 bridgehead atoms. The molecule has 2 N–H and O–H groups in total. The first-order valence-corrected chi connectivity index (χ1v) is 18.4. The number of hydrogen-bond donors (Lipinski definition) is 2. The minimum absolute atomic E-state index is 0.0141. The first kappa shape index (κ1) is 35.0. The number of aromatic amines is 1. The van der Waals surface area contributed by atoms with Crippen LogP contribution >= 0.6 is 0 Å². The molecule has 0 radical (unpaired) electrons. The minimum atomic E-state index is -0.493. The fourth-order valence-electron chi connectivity index (χ4n) is 8.51. The van der Waals surface area contributed by atoms with Crippen molar-refractivity contribution in [2.45, 2.75) is 111 Å². The zero-order chi connectivity index (χ0) is 35.3. The standard InChI is InChI=1S/C41H55N5O3/c1-9-28-21-30-31(41(7,8)37-35(36(30)47)29-14-13-27(23-42)20-32(29)43-37)22-33(28)46-18-15-26(16-19-46)12-10-11-17-45-24-34(40(5,6)25-45)44-38(48)49-39(2,3)4/h13-14,20-22,26,34,43H,9-12,15-19,24-25H2,1-8H3,(H,44,48)/t34-/m0/s1. The highest BCUT2D eigenvalue weighted by Crippen LogP contribution is 2.46. The molecular formula is C41H55N5O3. The third-order valence-electron chi connectivity index (χ3n) is 11.3. The Bertz CT molecular complexity index is 1780. The van der Waals surface area contributed by atoms with Crippen molar-refractivity contribution in [2.75, 3.05) is 37.6 Å². The number of fused-ring (bicyclic) bond motifs is 4. The average Bonchev–Trinajstić information content (AvgIpc) is 3.57. The summed E-state index contributed by atoms with van der Waals surface area (Å²) in [6.07, 6.45) is 6.60. The van der Waals surface area contributed by atoms with Crippen molar-refractivity contribution in [3.05, 3.63) is 63.8 Å². The summed E-state index contributed by atoms with van der Waals surface area (Å²) >= 11 is 0. The van der Waals surface area contributed by atoms with Crippen LogP contribution in [0.2, 0.25) is 0 Å². The van der Waals surface area contributed by atoms with Crippen LogP contribution in [-0.4, -0.2) is 66.1 Å². The molecule has 49 heavy (non-hydrogen) atoms. The van der Waals surface area contributed by atoms with E-state index in [1.54, 1.807) is 6.07 Å². The number of likely N-dealkylation sites (tertiary alicyclic amines) is 1. The maximum atomic E-state index is 14.0. The van der Waals surface area contributed by atoms with Gasteiger partial charge in [0, 0.05) is 59.4 Å². The molecule has 2 saturated heterocycles. The maximum Gasteiger partial charge on any atom is 0.407 e. The number of nitrogens with one attached hydrogen (secondary N) is 2. The lowest BCUT2D eigenvalue weighted by atomic mass is 9.70. The number of ether oxygens (including phenoxy) is 1. The monoisotopic (exact) mass is 665 g/mol. The first-order valence-electron chi connectivity index (χ1n) is 18.4. The van der Waals surface area contributed by atoms with E-state index in [0.29, 0.717) is 5.56 Å². The molecule has 1 amide bonds. The van der Waals surface area contributed by atoms with Crippen LogP contribution < -0.4 is 10.2 Å². The number of carbonyl (C=O) groups is 2. The van der Waals surface area contributed by atoms with Gasteiger partial charge in [0.05, 0.1) is 23.2 Å². The fourth-order valence-corrected chi connectivity index (χ4v) is 8.51. The number of aromatic nitrogens is 1. The lowest BCUT2D eigenvalue weighted by molar-refractivity contribution is 0.0479. The average molecular weight is 666 g/mol. The van der Waals surface area contributed by atoms with Gasteiger partial charge in [0.1, 0.15) is 5.60 Å². The number of amides is 1. The SMILES string of the molecule is CCc1cc2c(cc1N1CCC(CCCCN3C[C@H](NC(=O)OC(C)(C)C)C(C)(C)C3)CC1)C(C)(C)c1[nH]c3cc(C#N)ccc3c1C2=O. The van der Waals surface area contributed by atoms with Crippen molar-refractivity contribution >= 4 is 28.5 Å². The largest absolute Gasteiger partial charge is 0.444 e. The Morgan fingerprint density at radius 2 is 1.84 bits per heavy atom. The molecule has 3 aromatic rings. The van der Waals surface area contributed by atoms with Crippen LogP contribution in [0.25, 0.3) is 10.9 Å². The second kappa shape index (κ2) is 13.1. The predicted octanol–water partition coefficient (Wildman–Crippen LogP) is 8.09. The number of anilines is 1. The number of H-pyrrole nitrogens is 1. The van der Waals surface area contributed by atoms with E-state index < -0.39 is 5.60 Å². The summed E-state index contributed by atoms with van der Waals surface area (Å²) in [6, 6.07) is 12.4. The topological polar surface area (TPSA) is 101 Å². The van der Waals surface area contributed by atoms with Gasteiger partial charge in [0.2, 0.25) is 0 Å². The van der Waals surface area contributed by atoms with Crippen LogP contribution in [0.4, 0.5) is 10.5 Å². The number of nitrogens with zero attached hydrogens (tertiary/aromatic N) is 3. The molecule has 2 fully saturated rings. The molecule has 262 valence electrons. The summed E-state index contributed by atoms with van der Waals surface area (Å²) in [4.78, 5) is 35.1. The van der Waals surface area contributed by atoms with Crippen molar-refractivity contribution in [3.63, 3.8) is 0 Å². The van der Waals surface area contributed by atoms with Gasteiger partial charge in [-0.2, -0.15) is 5.26 Å². The number of alkyl carbamates (subject to hydrolysis) is 1. The highest BCUT2D eigenvalue weighted by molar-refractivity contribution is 6.20. The summed E-state index contributed by atoms with van der Waals surface area (Å²) < 4.78 is 5.51. The number of hydrogen-bond acceptors (Lipinski definition) is 6. The zero-order valence-corrected chi connectivity index (χ0v) is 30.9. The zero-order valence-electron chi connectivity index (χ0n) is 30.9. The summed E-state index contributed by atoms with van der Waals surface area (Å²) in [7, 11) is 0. The molecule has 2 aromatic carbocycles. The molecule has 0 saturated carbocycles. The number of rotatable bonds is 8. The molecule has 8 heteroatoms. The number of carbonyl (C=O) groups excluding carboxylic acids is 2. The van der Waals surface area contributed by atoms with Crippen molar-refractivity contribution in [3.8, 4) is 6.07 Å². The van der Waals surface area contributed by atoms with Crippen molar-refractivity contribution in [1.82, 2.24) is 15.2 Å². The molecule has 3 aliphatic rings. The summed E-state index contributed by atoms with van der Waals surface area (Å²) in [5.41, 5.74) is 6.68. The van der Waals surface area contributed by atoms with Crippen LogP contribution in [0.15, 0.2) is 30.3 Å². The van der Waals surface area contributed by atoms with Crippen molar-refractivity contribution in [2.24, 2.45) is 11.3 Å². The molecule has 1 aliphatic carbocycles. The van der Waals surface area contributed by atoms with Gasteiger partial charge in [0.25, 0.3) is 0 Å². The number of piperidine rings is 1. The predicted molar refractivity (Wildman–Crippen MR) is 197 cm³/mol. The van der Waals surface area contributed by atoms with Crippen LogP contribution in [0.5, 0.6) is 0 Å². The van der Waals surface area contributed by atoms with Gasteiger partial charge in [0.15, 0.2) is 5.78 Å². The number of aryl methyl sites for hydroxylation is 1. The number of unbranched alkanes of at least 4 members (excludes halogenated alkanes) is 1. The molecule has 2 aliphatic heterocycles. The lowest BCUT2D eigenvalue weighted by Crippen LogP contribution is -2.46. The van der Waals surface area contributed by atoms with Gasteiger partial charge in [-0.25, -0.2) is 4.79 Å². The molecule has 3 heterocycles. The van der Waals surface area contributed by atoms with E-state index in [-0.39, 0.29) is 28.7 Å². The van der Waals surface area contributed by atoms with Gasteiger partial charge in [-0.1, -0.05) is 53.5 Å². The van der Waals surface area contributed by atoms with Crippen LogP contribution in [-0.2, 0) is 16.6 Å². The summed E-state index contributed by atoms with van der Waals surface area (Å²) in [5.74, 6) is 0.813. The molecule has 6 rings (SSSR count). The van der Waals surface area contributed by atoms with Gasteiger partial charge in [-0.3, -0.25) is 4.79 Å². The molecule has 1 aromatic heterocycles. The highest BCUT2D eigenvalue weighted by atomic mass is 16.6. The minimum Gasteiger partial charge on any atom is -0.444 e. The third kappa shape index (κ3) is 6.97. The van der Waals surface area contributed by atoms with Gasteiger partial charge in [-0.05, 0) is 99.7 Å². The van der Waals surface area contributed by atoms with E-state index in [9.17, 15) is 14.9 Å². The second-order valence-corrected chi connectivity index (χ2v) is 16.9. The van der Waals surface area contributed by atoms with Crippen LogP contribution in [0.3, 0.4) is 0 Å². The number of nitriles is 1. The number of ketones is 1. The van der Waals surface area contributed by atoms with E-state index in [1.807, 2.05) is 32.9 Å². The summed E-state index contributed by atoms with van der Waals surface area (Å²) in [6.45, 7) is 21.8. The third-order valence-corrected chi connectivity index (χ3v) is 11.3. The van der Waals surface area contributed by atoms with E-state index >= 15 is 0 Å². The summed E-state index contributed by atoms with van der Waals surface area (Å²) in [5, 5.41) is 13.5. The Morgan fingerprint density at radius 3 is 2.51 bits per heavy atom. The van der Waals surface area contributed by atoms with E-state index in [2.05, 4.69) is 72.9 Å². The van der Waals surface area contributed by atoms with Gasteiger partial charge in [-0.15, -0.1) is 0 Å². The van der Waals surface area contributed by atoms with Gasteiger partial charge < -0.3 is 24.8 Å². The Kier molecular flexibility index (Phi) is 9.38.